The minimum Gasteiger partial charge on any atom is -0.442 e. The Morgan fingerprint density at radius 1 is 1.37 bits per heavy atom. The number of ether oxygens (including phenoxy) is 1. The molecule has 1 aromatic carbocycles. The van der Waals surface area contributed by atoms with Crippen molar-refractivity contribution in [3.05, 3.63) is 29.6 Å². The lowest BCUT2D eigenvalue weighted by Crippen LogP contribution is -2.37. The van der Waals surface area contributed by atoms with E-state index in [0.717, 1.165) is 0 Å². The number of benzene rings is 1. The van der Waals surface area contributed by atoms with Gasteiger partial charge in [-0.05, 0) is 36.5 Å². The Kier molecular flexibility index (Phi) is 6.60. The first kappa shape index (κ1) is 20.4. The summed E-state index contributed by atoms with van der Waals surface area (Å²) in [7, 11) is -0.803. The van der Waals surface area contributed by atoms with E-state index >= 15 is 0 Å². The lowest BCUT2D eigenvalue weighted by atomic mass is 9.93. The lowest BCUT2D eigenvalue weighted by Gasteiger charge is -2.23. The van der Waals surface area contributed by atoms with Crippen LogP contribution < -0.4 is 10.2 Å². The third-order valence-corrected chi connectivity index (χ3v) is 6.48. The van der Waals surface area contributed by atoms with Crippen molar-refractivity contribution in [1.82, 2.24) is 5.32 Å². The summed E-state index contributed by atoms with van der Waals surface area (Å²) < 4.78 is 31.3. The Labute approximate surface area is 168 Å². The van der Waals surface area contributed by atoms with Crippen molar-refractivity contribution < 1.29 is 22.9 Å². The maximum Gasteiger partial charge on any atom is 0.414 e. The molecule has 0 spiro atoms. The predicted molar refractivity (Wildman–Crippen MR) is 102 cm³/mol. The highest BCUT2D eigenvalue weighted by atomic mass is 35.5. The average molecular weight is 437 g/mol. The molecule has 0 bridgehead atoms. The number of amides is 2. The summed E-state index contributed by atoms with van der Waals surface area (Å²) in [6.07, 6.45) is 0.198. The Hall–Kier alpha value is -1.38. The van der Waals surface area contributed by atoms with Gasteiger partial charge in [-0.1, -0.05) is 29.3 Å². The van der Waals surface area contributed by atoms with E-state index in [2.05, 4.69) is 5.32 Å². The molecule has 2 heterocycles. The number of halogens is 3. The molecule has 27 heavy (non-hydrogen) atoms. The smallest absolute Gasteiger partial charge is 0.414 e. The van der Waals surface area contributed by atoms with Crippen molar-refractivity contribution in [2.24, 2.45) is 0 Å². The van der Waals surface area contributed by atoms with Crippen LogP contribution in [0.3, 0.4) is 0 Å². The second kappa shape index (κ2) is 8.75. The van der Waals surface area contributed by atoms with Crippen LogP contribution in [0.1, 0.15) is 24.3 Å². The van der Waals surface area contributed by atoms with Gasteiger partial charge in [-0.3, -0.25) is 13.9 Å². The summed E-state index contributed by atoms with van der Waals surface area (Å²) in [6, 6.07) is 4.67. The number of carbonyl (C=O) groups is 2. The van der Waals surface area contributed by atoms with Gasteiger partial charge in [-0.25, -0.2) is 9.18 Å². The van der Waals surface area contributed by atoms with Gasteiger partial charge in [0.15, 0.2) is 4.84 Å². The second-order valence-corrected chi connectivity index (χ2v) is 9.28. The van der Waals surface area contributed by atoms with Crippen LogP contribution in [0.4, 0.5) is 14.9 Å². The van der Waals surface area contributed by atoms with Crippen LogP contribution in [0.15, 0.2) is 18.2 Å². The summed E-state index contributed by atoms with van der Waals surface area (Å²) in [5.41, 5.74) is 0.976. The van der Waals surface area contributed by atoms with E-state index in [1.807, 2.05) is 0 Å². The van der Waals surface area contributed by atoms with Crippen molar-refractivity contribution in [2.75, 3.05) is 29.5 Å². The van der Waals surface area contributed by atoms with Gasteiger partial charge in [0.1, 0.15) is 11.9 Å². The molecule has 2 fully saturated rings. The summed E-state index contributed by atoms with van der Waals surface area (Å²) in [5.74, 6) is 0.259. The van der Waals surface area contributed by atoms with E-state index in [1.54, 1.807) is 12.1 Å². The zero-order valence-electron chi connectivity index (χ0n) is 14.3. The van der Waals surface area contributed by atoms with Gasteiger partial charge in [-0.15, -0.1) is 0 Å². The van der Waals surface area contributed by atoms with Crippen molar-refractivity contribution in [1.29, 1.82) is 0 Å². The third-order valence-electron chi connectivity index (χ3n) is 4.70. The van der Waals surface area contributed by atoms with Crippen LogP contribution in [0.5, 0.6) is 0 Å². The van der Waals surface area contributed by atoms with Crippen molar-refractivity contribution >= 4 is 51.7 Å². The molecule has 2 amide bonds. The minimum absolute atomic E-state index is 0.0456. The topological polar surface area (TPSA) is 75.7 Å². The third kappa shape index (κ3) is 4.92. The minimum atomic E-state index is -1.20. The molecular formula is C17H19Cl2FN2O4S. The van der Waals surface area contributed by atoms with Crippen molar-refractivity contribution in [3.8, 4) is 0 Å². The number of anilines is 1. The molecule has 10 heteroatoms. The molecule has 0 saturated carbocycles. The largest absolute Gasteiger partial charge is 0.442 e. The monoisotopic (exact) mass is 436 g/mol. The molecule has 2 aliphatic rings. The summed E-state index contributed by atoms with van der Waals surface area (Å²) >= 11 is 10.9. The predicted octanol–water partition coefficient (Wildman–Crippen LogP) is 2.70. The van der Waals surface area contributed by atoms with Gasteiger partial charge >= 0.3 is 6.09 Å². The van der Waals surface area contributed by atoms with E-state index in [9.17, 15) is 18.2 Å². The maximum atomic E-state index is 14.6. The Balaban J connectivity index is 1.64. The first-order valence-electron chi connectivity index (χ1n) is 8.53. The molecule has 0 radical (unpaired) electrons. The van der Waals surface area contributed by atoms with Gasteiger partial charge in [0.2, 0.25) is 0 Å². The molecule has 6 nitrogen and oxygen atoms in total. The highest BCUT2D eigenvalue weighted by molar-refractivity contribution is 7.85. The Bertz CT molecular complexity index is 754. The SMILES string of the molecule is O=C(NCC1CN(c2ccc(C3CCS(=O)CC3)c(F)c2)C(=O)O1)C(Cl)Cl. The van der Waals surface area contributed by atoms with Crippen LogP contribution >= 0.6 is 23.2 Å². The number of hydrogen-bond donors (Lipinski definition) is 1. The first-order chi connectivity index (χ1) is 12.8. The molecule has 1 unspecified atom stereocenters. The van der Waals surface area contributed by atoms with Crippen LogP contribution in [-0.4, -0.2) is 51.7 Å². The fraction of sp³-hybridized carbons (Fsp3) is 0.529. The van der Waals surface area contributed by atoms with Gasteiger partial charge in [0, 0.05) is 22.3 Å². The summed E-state index contributed by atoms with van der Waals surface area (Å²) in [6.45, 7) is 0.242. The van der Waals surface area contributed by atoms with Gasteiger partial charge < -0.3 is 10.1 Å². The molecular weight excluding hydrogens is 418 g/mol. The highest BCUT2D eigenvalue weighted by Gasteiger charge is 2.33. The Morgan fingerprint density at radius 2 is 2.07 bits per heavy atom. The zero-order valence-corrected chi connectivity index (χ0v) is 16.7. The molecule has 0 aromatic heterocycles. The molecule has 148 valence electrons. The quantitative estimate of drug-likeness (QED) is 0.719. The van der Waals surface area contributed by atoms with E-state index in [-0.39, 0.29) is 24.8 Å². The van der Waals surface area contributed by atoms with Gasteiger partial charge in [-0.2, -0.15) is 0 Å². The number of carbonyl (C=O) groups excluding carboxylic acids is 2. The summed E-state index contributed by atoms with van der Waals surface area (Å²) in [5, 5.41) is 2.48. The molecule has 2 saturated heterocycles. The van der Waals surface area contributed by atoms with Crippen molar-refractivity contribution in [3.63, 3.8) is 0 Å². The molecule has 1 aromatic rings. The molecule has 3 rings (SSSR count). The van der Waals surface area contributed by atoms with E-state index < -0.39 is 33.7 Å². The van der Waals surface area contributed by atoms with Crippen molar-refractivity contribution in [2.45, 2.75) is 29.7 Å². The molecule has 1 N–H and O–H groups in total. The first-order valence-corrected chi connectivity index (χ1v) is 10.9. The van der Waals surface area contributed by atoms with Gasteiger partial charge in [0.25, 0.3) is 5.91 Å². The fourth-order valence-corrected chi connectivity index (χ4v) is 4.70. The average Bonchev–Trinajstić information content (AvgIpc) is 3.01. The second-order valence-electron chi connectivity index (χ2n) is 6.49. The zero-order chi connectivity index (χ0) is 19.6. The van der Waals surface area contributed by atoms with Crippen LogP contribution in [0.2, 0.25) is 0 Å². The number of nitrogens with one attached hydrogen (secondary N) is 1. The van der Waals surface area contributed by atoms with Crippen LogP contribution in [0, 0.1) is 5.82 Å². The number of nitrogens with zero attached hydrogens (tertiary/aromatic N) is 1. The highest BCUT2D eigenvalue weighted by Crippen LogP contribution is 2.32. The maximum absolute atomic E-state index is 14.6. The number of cyclic esters (lactones) is 1. The normalized spacial score (nSPS) is 25.6. The number of alkyl halides is 2. The standard InChI is InChI=1S/C17H19Cl2FN2O4S/c18-15(19)16(23)21-8-12-9-22(17(24)26-12)11-1-2-13(14(20)7-11)10-3-5-27(25)6-4-10/h1-2,7,10,12,15H,3-6,8-9H2,(H,21,23). The van der Waals surface area contributed by atoms with Gasteiger partial charge in [0.05, 0.1) is 18.8 Å². The summed E-state index contributed by atoms with van der Waals surface area (Å²) in [4.78, 5) is 23.6. The van der Waals surface area contributed by atoms with E-state index in [4.69, 9.17) is 27.9 Å². The number of hydrogen-bond acceptors (Lipinski definition) is 4. The van der Waals surface area contributed by atoms with E-state index in [0.29, 0.717) is 35.6 Å². The lowest BCUT2D eigenvalue weighted by molar-refractivity contribution is -0.119. The van der Waals surface area contributed by atoms with Crippen LogP contribution in [-0.2, 0) is 20.3 Å². The van der Waals surface area contributed by atoms with Crippen LogP contribution in [0.25, 0.3) is 0 Å². The van der Waals surface area contributed by atoms with E-state index in [1.165, 1.54) is 11.0 Å². The Morgan fingerprint density at radius 3 is 2.70 bits per heavy atom. The molecule has 0 aliphatic carbocycles. The molecule has 2 aliphatic heterocycles. The fourth-order valence-electron chi connectivity index (χ4n) is 3.25. The molecule has 1 atom stereocenters. The number of rotatable bonds is 5.